The highest BCUT2D eigenvalue weighted by Crippen LogP contribution is 2.30. The molecular formula is C23H20N4O5S. The molecule has 2 aromatic carbocycles. The van der Waals surface area contributed by atoms with E-state index in [4.69, 9.17) is 0 Å². The second-order valence-electron chi connectivity index (χ2n) is 7.09. The maximum atomic E-state index is 13.3. The van der Waals surface area contributed by atoms with Gasteiger partial charge in [0.05, 0.1) is 7.11 Å². The Morgan fingerprint density at radius 2 is 1.82 bits per heavy atom. The van der Waals surface area contributed by atoms with Gasteiger partial charge in [0.15, 0.2) is 10.8 Å². The number of anilines is 1. The Balaban J connectivity index is 1.71. The summed E-state index contributed by atoms with van der Waals surface area (Å²) in [6.45, 7) is 0. The molecule has 1 atom stereocenters. The van der Waals surface area contributed by atoms with E-state index in [9.17, 15) is 19.5 Å². The van der Waals surface area contributed by atoms with Crippen molar-refractivity contribution in [3.05, 3.63) is 87.8 Å². The van der Waals surface area contributed by atoms with Crippen LogP contribution in [0.2, 0.25) is 0 Å². The van der Waals surface area contributed by atoms with Crippen molar-refractivity contribution in [2.24, 2.45) is 0 Å². The van der Waals surface area contributed by atoms with Gasteiger partial charge in [0.2, 0.25) is 11.8 Å². The van der Waals surface area contributed by atoms with E-state index in [2.05, 4.69) is 20.0 Å². The van der Waals surface area contributed by atoms with Crippen molar-refractivity contribution in [3.63, 3.8) is 0 Å². The molecule has 0 aliphatic carbocycles. The number of imidazole rings is 1. The summed E-state index contributed by atoms with van der Waals surface area (Å²) >= 11 is 1.05. The maximum absolute atomic E-state index is 13.3. The van der Waals surface area contributed by atoms with Crippen LogP contribution in [0, 0.1) is 0 Å². The number of carbonyl (C=O) groups is 2. The molecule has 0 unspecified atom stereocenters. The Kier molecular flexibility index (Phi) is 6.36. The summed E-state index contributed by atoms with van der Waals surface area (Å²) in [6, 6.07) is 16.9. The van der Waals surface area contributed by atoms with Gasteiger partial charge in [-0.1, -0.05) is 60.7 Å². The van der Waals surface area contributed by atoms with Gasteiger partial charge in [0, 0.05) is 17.4 Å². The first kappa shape index (κ1) is 22.0. The van der Waals surface area contributed by atoms with E-state index in [0.29, 0.717) is 5.56 Å². The number of methoxy groups -OCH3 is 1. The standard InChI is InChI=1S/C23H20N4O5S/c1-32-21(30)16-13-33-22(24-16)26-19(28)17(12-14-8-4-2-5-9-14)27-20(29)18(25-23(27)31)15-10-6-3-7-11-15/h2-11,13,17,29H,12H2,1H3,(H,25,31)(H,24,26,28)/t17-/m0/s1. The molecule has 2 aromatic heterocycles. The van der Waals surface area contributed by atoms with Crippen LogP contribution in [0.25, 0.3) is 11.3 Å². The minimum Gasteiger partial charge on any atom is -0.493 e. The molecule has 4 rings (SSSR count). The lowest BCUT2D eigenvalue weighted by Gasteiger charge is -2.18. The average molecular weight is 465 g/mol. The summed E-state index contributed by atoms with van der Waals surface area (Å²) in [5, 5.41) is 15.2. The second-order valence-corrected chi connectivity index (χ2v) is 7.95. The largest absolute Gasteiger partial charge is 0.493 e. The van der Waals surface area contributed by atoms with Gasteiger partial charge in [-0.25, -0.2) is 19.1 Å². The van der Waals surface area contributed by atoms with Crippen molar-refractivity contribution >= 4 is 28.3 Å². The van der Waals surface area contributed by atoms with Crippen LogP contribution in [0.5, 0.6) is 5.88 Å². The van der Waals surface area contributed by atoms with Gasteiger partial charge in [0.25, 0.3) is 0 Å². The number of carbonyl (C=O) groups excluding carboxylic acids is 2. The zero-order chi connectivity index (χ0) is 23.4. The molecule has 1 amide bonds. The summed E-state index contributed by atoms with van der Waals surface area (Å²) in [5.41, 5.74) is 1.05. The summed E-state index contributed by atoms with van der Waals surface area (Å²) in [6.07, 6.45) is 0.140. The number of nitrogens with zero attached hydrogens (tertiary/aromatic N) is 2. The Bertz CT molecular complexity index is 1330. The molecule has 33 heavy (non-hydrogen) atoms. The molecule has 168 valence electrons. The van der Waals surface area contributed by atoms with E-state index in [-0.39, 0.29) is 28.8 Å². The number of aromatic nitrogens is 3. The van der Waals surface area contributed by atoms with Crippen LogP contribution in [0.3, 0.4) is 0 Å². The fraction of sp³-hybridized carbons (Fsp3) is 0.130. The van der Waals surface area contributed by atoms with Crippen molar-refractivity contribution in [1.29, 1.82) is 0 Å². The predicted octanol–water partition coefficient (Wildman–Crippen LogP) is 3.21. The first-order chi connectivity index (χ1) is 16.0. The van der Waals surface area contributed by atoms with E-state index < -0.39 is 23.6 Å². The zero-order valence-electron chi connectivity index (χ0n) is 17.5. The molecular weight excluding hydrogens is 444 g/mol. The van der Waals surface area contributed by atoms with Gasteiger partial charge in [-0.2, -0.15) is 0 Å². The summed E-state index contributed by atoms with van der Waals surface area (Å²) in [5.74, 6) is -1.54. The smallest absolute Gasteiger partial charge is 0.357 e. The number of ether oxygens (including phenoxy) is 1. The van der Waals surface area contributed by atoms with E-state index in [1.54, 1.807) is 24.3 Å². The number of nitrogens with one attached hydrogen (secondary N) is 2. The third-order valence-electron chi connectivity index (χ3n) is 4.98. The van der Waals surface area contributed by atoms with E-state index in [0.717, 1.165) is 21.5 Å². The van der Waals surface area contributed by atoms with E-state index in [1.807, 2.05) is 36.4 Å². The van der Waals surface area contributed by atoms with Crippen LogP contribution in [0.1, 0.15) is 22.1 Å². The molecule has 2 heterocycles. The Labute approximate surface area is 192 Å². The number of hydrogen-bond acceptors (Lipinski definition) is 7. The normalized spacial score (nSPS) is 11.7. The third-order valence-corrected chi connectivity index (χ3v) is 5.74. The molecule has 0 radical (unpaired) electrons. The number of esters is 1. The average Bonchev–Trinajstić information content (AvgIpc) is 3.42. The first-order valence-corrected chi connectivity index (χ1v) is 10.8. The Morgan fingerprint density at radius 3 is 2.48 bits per heavy atom. The molecule has 0 saturated carbocycles. The number of aromatic hydroxyl groups is 1. The van der Waals surface area contributed by atoms with Crippen LogP contribution in [-0.2, 0) is 16.0 Å². The van der Waals surface area contributed by atoms with Crippen LogP contribution in [0.4, 0.5) is 5.13 Å². The van der Waals surface area contributed by atoms with Crippen LogP contribution in [-0.4, -0.2) is 38.6 Å². The van der Waals surface area contributed by atoms with Crippen molar-refractivity contribution < 1.29 is 19.4 Å². The molecule has 0 aliphatic heterocycles. The zero-order valence-corrected chi connectivity index (χ0v) is 18.3. The second kappa shape index (κ2) is 9.53. The number of benzene rings is 2. The number of H-pyrrole nitrogens is 1. The van der Waals surface area contributed by atoms with E-state index in [1.165, 1.54) is 12.5 Å². The number of aromatic amines is 1. The summed E-state index contributed by atoms with van der Waals surface area (Å²) < 4.78 is 5.66. The van der Waals surface area contributed by atoms with Crippen molar-refractivity contribution in [2.75, 3.05) is 12.4 Å². The quantitative estimate of drug-likeness (QED) is 0.361. The highest BCUT2D eigenvalue weighted by atomic mass is 32.1. The Morgan fingerprint density at radius 1 is 1.15 bits per heavy atom. The van der Waals surface area contributed by atoms with Gasteiger partial charge in [-0.15, -0.1) is 11.3 Å². The SMILES string of the molecule is COC(=O)c1csc(NC(=O)[C@H](Cc2ccccc2)n2c(O)c(-c3ccccc3)[nH]c2=O)n1. The summed E-state index contributed by atoms with van der Waals surface area (Å²) in [7, 11) is 1.24. The topological polar surface area (TPSA) is 126 Å². The first-order valence-electron chi connectivity index (χ1n) is 9.95. The fourth-order valence-electron chi connectivity index (χ4n) is 3.39. The van der Waals surface area contributed by atoms with Crippen molar-refractivity contribution in [1.82, 2.24) is 14.5 Å². The van der Waals surface area contributed by atoms with Crippen molar-refractivity contribution in [2.45, 2.75) is 12.5 Å². The Hall–Kier alpha value is -4.18. The minimum atomic E-state index is -1.08. The lowest BCUT2D eigenvalue weighted by atomic mass is 10.0. The molecule has 0 spiro atoms. The van der Waals surface area contributed by atoms with Crippen LogP contribution in [0.15, 0.2) is 70.8 Å². The maximum Gasteiger partial charge on any atom is 0.357 e. The highest BCUT2D eigenvalue weighted by molar-refractivity contribution is 7.14. The lowest BCUT2D eigenvalue weighted by Crippen LogP contribution is -2.33. The summed E-state index contributed by atoms with van der Waals surface area (Å²) in [4.78, 5) is 44.5. The molecule has 4 aromatic rings. The molecule has 0 bridgehead atoms. The van der Waals surface area contributed by atoms with Gasteiger partial charge in [-0.3, -0.25) is 4.79 Å². The van der Waals surface area contributed by atoms with Crippen LogP contribution >= 0.6 is 11.3 Å². The highest BCUT2D eigenvalue weighted by Gasteiger charge is 2.29. The monoisotopic (exact) mass is 464 g/mol. The van der Waals surface area contributed by atoms with E-state index >= 15 is 0 Å². The molecule has 0 saturated heterocycles. The third kappa shape index (κ3) is 4.70. The number of rotatable bonds is 7. The molecule has 0 aliphatic rings. The fourth-order valence-corrected chi connectivity index (χ4v) is 4.07. The predicted molar refractivity (Wildman–Crippen MR) is 123 cm³/mol. The van der Waals surface area contributed by atoms with Gasteiger partial charge in [0.1, 0.15) is 11.7 Å². The molecule has 9 nitrogen and oxygen atoms in total. The molecule has 0 fully saturated rings. The molecule has 10 heteroatoms. The number of amides is 1. The number of thiazole rings is 1. The van der Waals surface area contributed by atoms with Gasteiger partial charge in [-0.05, 0) is 5.56 Å². The lowest BCUT2D eigenvalue weighted by molar-refractivity contribution is -0.119. The molecule has 3 N–H and O–H groups in total. The number of hydrogen-bond donors (Lipinski definition) is 3. The van der Waals surface area contributed by atoms with Crippen molar-refractivity contribution in [3.8, 4) is 17.1 Å². The van der Waals surface area contributed by atoms with Gasteiger partial charge < -0.3 is 20.1 Å². The minimum absolute atomic E-state index is 0.0606. The van der Waals surface area contributed by atoms with Crippen LogP contribution < -0.4 is 11.0 Å². The van der Waals surface area contributed by atoms with Gasteiger partial charge >= 0.3 is 11.7 Å².